The van der Waals surface area contributed by atoms with Crippen molar-refractivity contribution in [3.63, 3.8) is 0 Å². The van der Waals surface area contributed by atoms with Gasteiger partial charge in [0.25, 0.3) is 0 Å². The van der Waals surface area contributed by atoms with Crippen molar-refractivity contribution in [3.05, 3.63) is 0 Å². The van der Waals surface area contributed by atoms with Gasteiger partial charge in [-0.05, 0) is 13.8 Å². The maximum atomic E-state index is 5.34. The largest absolute Gasteiger partial charge is 0.366 e. The highest BCUT2D eigenvalue weighted by Gasteiger charge is 1.99. The Balaban J connectivity index is 3.64. The zero-order valence-corrected chi connectivity index (χ0v) is 6.87. The van der Waals surface area contributed by atoms with E-state index < -0.39 is 0 Å². The minimum Gasteiger partial charge on any atom is -0.366 e. The molecule has 0 aliphatic rings. The van der Waals surface area contributed by atoms with Gasteiger partial charge in [-0.2, -0.15) is 0 Å². The van der Waals surface area contributed by atoms with E-state index in [1.807, 2.05) is 0 Å². The molecular formula is C6H14N2S. The maximum absolute atomic E-state index is 5.34. The lowest BCUT2D eigenvalue weighted by Gasteiger charge is -2.19. The standard InChI is InChI=1S/C6H14N2S/c1-3-8(4-2)6(9)5-7/h3-5,7H2,1-2H3. The van der Waals surface area contributed by atoms with Crippen LogP contribution in [0.4, 0.5) is 0 Å². The van der Waals surface area contributed by atoms with Gasteiger partial charge in [0.15, 0.2) is 0 Å². The first-order valence-electron chi connectivity index (χ1n) is 3.24. The van der Waals surface area contributed by atoms with Crippen LogP contribution < -0.4 is 5.73 Å². The Morgan fingerprint density at radius 1 is 1.44 bits per heavy atom. The van der Waals surface area contributed by atoms with Gasteiger partial charge in [-0.1, -0.05) is 12.2 Å². The Kier molecular flexibility index (Phi) is 4.62. The van der Waals surface area contributed by atoms with E-state index in [-0.39, 0.29) is 0 Å². The Bertz CT molecular complexity index is 89.1. The third kappa shape index (κ3) is 2.77. The summed E-state index contributed by atoms with van der Waals surface area (Å²) in [4.78, 5) is 2.94. The van der Waals surface area contributed by atoms with E-state index in [4.69, 9.17) is 18.0 Å². The molecule has 0 aromatic carbocycles. The Hall–Kier alpha value is -0.150. The summed E-state index contributed by atoms with van der Waals surface area (Å²) in [5.74, 6) is 0. The predicted octanol–water partition coefficient (Wildman–Crippen LogP) is 0.614. The van der Waals surface area contributed by atoms with E-state index in [1.54, 1.807) is 0 Å². The molecule has 0 amide bonds. The van der Waals surface area contributed by atoms with Gasteiger partial charge in [0.1, 0.15) is 0 Å². The second-order valence-corrected chi connectivity index (χ2v) is 2.24. The summed E-state index contributed by atoms with van der Waals surface area (Å²) in [6.45, 7) is 6.58. The van der Waals surface area contributed by atoms with Crippen molar-refractivity contribution in [2.75, 3.05) is 19.6 Å². The van der Waals surface area contributed by atoms with Gasteiger partial charge in [-0.3, -0.25) is 0 Å². The van der Waals surface area contributed by atoms with Crippen LogP contribution in [0.15, 0.2) is 0 Å². The van der Waals surface area contributed by atoms with E-state index in [0.29, 0.717) is 6.54 Å². The molecule has 0 fully saturated rings. The summed E-state index contributed by atoms with van der Waals surface area (Å²) in [5.41, 5.74) is 5.34. The van der Waals surface area contributed by atoms with E-state index in [0.717, 1.165) is 18.1 Å². The molecule has 54 valence electrons. The number of likely N-dealkylation sites (N-methyl/N-ethyl adjacent to an activating group) is 1. The van der Waals surface area contributed by atoms with E-state index in [9.17, 15) is 0 Å². The molecule has 0 aliphatic carbocycles. The quantitative estimate of drug-likeness (QED) is 0.592. The van der Waals surface area contributed by atoms with E-state index >= 15 is 0 Å². The summed E-state index contributed by atoms with van der Waals surface area (Å²) >= 11 is 4.98. The number of hydrogen-bond acceptors (Lipinski definition) is 2. The highest BCUT2D eigenvalue weighted by atomic mass is 32.1. The second kappa shape index (κ2) is 4.70. The number of thiocarbonyl (C=S) groups is 1. The minimum atomic E-state index is 0.497. The van der Waals surface area contributed by atoms with Gasteiger partial charge in [0.2, 0.25) is 0 Å². The van der Waals surface area contributed by atoms with Crippen LogP contribution >= 0.6 is 12.2 Å². The zero-order chi connectivity index (χ0) is 7.28. The summed E-state index contributed by atoms with van der Waals surface area (Å²) in [6, 6.07) is 0. The molecule has 0 atom stereocenters. The number of hydrogen-bond donors (Lipinski definition) is 1. The first-order chi connectivity index (χ1) is 4.26. The Morgan fingerprint density at radius 3 is 2.00 bits per heavy atom. The number of nitrogens with zero attached hydrogens (tertiary/aromatic N) is 1. The molecular weight excluding hydrogens is 132 g/mol. The Morgan fingerprint density at radius 2 is 1.89 bits per heavy atom. The fraction of sp³-hybridized carbons (Fsp3) is 0.833. The van der Waals surface area contributed by atoms with Crippen molar-refractivity contribution in [2.24, 2.45) is 5.73 Å². The van der Waals surface area contributed by atoms with Crippen molar-refractivity contribution >= 4 is 17.2 Å². The number of rotatable bonds is 3. The molecule has 0 aromatic heterocycles. The highest BCUT2D eigenvalue weighted by Crippen LogP contribution is 1.88. The average molecular weight is 146 g/mol. The summed E-state index contributed by atoms with van der Waals surface area (Å²) in [6.07, 6.45) is 0. The van der Waals surface area contributed by atoms with Crippen LogP contribution in [0.5, 0.6) is 0 Å². The normalized spacial score (nSPS) is 9.22. The molecule has 0 saturated heterocycles. The van der Waals surface area contributed by atoms with Gasteiger partial charge in [0, 0.05) is 19.6 Å². The minimum absolute atomic E-state index is 0.497. The highest BCUT2D eigenvalue weighted by molar-refractivity contribution is 7.80. The molecule has 0 saturated carbocycles. The molecule has 0 radical (unpaired) electrons. The van der Waals surface area contributed by atoms with Gasteiger partial charge in [-0.15, -0.1) is 0 Å². The third-order valence-electron chi connectivity index (χ3n) is 1.29. The van der Waals surface area contributed by atoms with Crippen LogP contribution in [0.3, 0.4) is 0 Å². The molecule has 9 heavy (non-hydrogen) atoms. The molecule has 0 spiro atoms. The maximum Gasteiger partial charge on any atom is 0.0917 e. The van der Waals surface area contributed by atoms with Crippen molar-refractivity contribution in [2.45, 2.75) is 13.8 Å². The van der Waals surface area contributed by atoms with Crippen LogP contribution in [-0.2, 0) is 0 Å². The SMILES string of the molecule is CCN(CC)C(=S)CN. The molecule has 2 nitrogen and oxygen atoms in total. The van der Waals surface area contributed by atoms with Crippen LogP contribution in [-0.4, -0.2) is 29.5 Å². The second-order valence-electron chi connectivity index (χ2n) is 1.77. The molecule has 2 N–H and O–H groups in total. The van der Waals surface area contributed by atoms with Gasteiger partial charge in [0.05, 0.1) is 4.99 Å². The van der Waals surface area contributed by atoms with Crippen LogP contribution in [0.2, 0.25) is 0 Å². The van der Waals surface area contributed by atoms with Crippen molar-refractivity contribution < 1.29 is 0 Å². The molecule has 0 unspecified atom stereocenters. The lowest BCUT2D eigenvalue weighted by molar-refractivity contribution is 0.468. The first-order valence-corrected chi connectivity index (χ1v) is 3.64. The lowest BCUT2D eigenvalue weighted by Crippen LogP contribution is -2.33. The third-order valence-corrected chi connectivity index (χ3v) is 1.72. The van der Waals surface area contributed by atoms with Crippen LogP contribution in [0, 0.1) is 0 Å². The fourth-order valence-electron chi connectivity index (χ4n) is 0.705. The average Bonchev–Trinajstić information content (AvgIpc) is 1.90. The molecule has 3 heteroatoms. The molecule has 0 heterocycles. The zero-order valence-electron chi connectivity index (χ0n) is 6.05. The monoisotopic (exact) mass is 146 g/mol. The van der Waals surface area contributed by atoms with Gasteiger partial charge >= 0.3 is 0 Å². The van der Waals surface area contributed by atoms with E-state index in [2.05, 4.69) is 18.7 Å². The van der Waals surface area contributed by atoms with Crippen molar-refractivity contribution in [1.82, 2.24) is 4.90 Å². The van der Waals surface area contributed by atoms with Gasteiger partial charge in [-0.25, -0.2) is 0 Å². The number of nitrogens with two attached hydrogens (primary N) is 1. The van der Waals surface area contributed by atoms with Gasteiger partial charge < -0.3 is 10.6 Å². The fourth-order valence-corrected chi connectivity index (χ4v) is 0.964. The topological polar surface area (TPSA) is 29.3 Å². The smallest absolute Gasteiger partial charge is 0.0917 e. The molecule has 0 bridgehead atoms. The first kappa shape index (κ1) is 8.85. The predicted molar refractivity (Wildman–Crippen MR) is 44.6 cm³/mol. The van der Waals surface area contributed by atoms with Crippen LogP contribution in [0.1, 0.15) is 13.8 Å². The summed E-state index contributed by atoms with van der Waals surface area (Å²) in [7, 11) is 0. The summed E-state index contributed by atoms with van der Waals surface area (Å²) < 4.78 is 0. The van der Waals surface area contributed by atoms with Crippen molar-refractivity contribution in [3.8, 4) is 0 Å². The molecule has 0 aliphatic heterocycles. The van der Waals surface area contributed by atoms with Crippen LogP contribution in [0.25, 0.3) is 0 Å². The molecule has 0 aromatic rings. The van der Waals surface area contributed by atoms with Crippen molar-refractivity contribution in [1.29, 1.82) is 0 Å². The molecule has 0 rings (SSSR count). The summed E-state index contributed by atoms with van der Waals surface area (Å²) in [5, 5.41) is 0. The van der Waals surface area contributed by atoms with E-state index in [1.165, 1.54) is 0 Å². The Labute approximate surface area is 62.0 Å². The lowest BCUT2D eigenvalue weighted by atomic mass is 10.5.